The summed E-state index contributed by atoms with van der Waals surface area (Å²) in [7, 11) is 0. The second-order valence-electron chi connectivity index (χ2n) is 4.06. The van der Waals surface area contributed by atoms with Gasteiger partial charge in [-0.3, -0.25) is 20.2 Å². The van der Waals surface area contributed by atoms with Crippen LogP contribution in [0.25, 0.3) is 0 Å². The summed E-state index contributed by atoms with van der Waals surface area (Å²) in [6, 6.07) is 5.44. The largest absolute Gasteiger partial charge is 0.478 e. The molecule has 118 valence electrons. The second-order valence-corrected chi connectivity index (χ2v) is 4.45. The topological polar surface area (TPSA) is 146 Å². The standard InChI is InChI=1S/C12H6ClN3O7/c13-9-2-1-3-10(14-9)23-11-7(15(19)20)4-6(12(17)18)5-8(11)16(21)22/h1-5H,(H,17,18). The van der Waals surface area contributed by atoms with Gasteiger partial charge in [0.15, 0.2) is 0 Å². The van der Waals surface area contributed by atoms with E-state index < -0.39 is 38.5 Å². The van der Waals surface area contributed by atoms with Crippen molar-refractivity contribution in [1.82, 2.24) is 4.98 Å². The molecule has 11 heteroatoms. The van der Waals surface area contributed by atoms with Crippen LogP contribution in [0, 0.1) is 20.2 Å². The van der Waals surface area contributed by atoms with Crippen molar-refractivity contribution >= 4 is 28.9 Å². The van der Waals surface area contributed by atoms with Crippen LogP contribution in [0.3, 0.4) is 0 Å². The van der Waals surface area contributed by atoms with Crippen LogP contribution in [-0.2, 0) is 0 Å². The molecule has 0 aliphatic heterocycles. The van der Waals surface area contributed by atoms with Gasteiger partial charge in [-0.15, -0.1) is 0 Å². The van der Waals surface area contributed by atoms with Crippen LogP contribution in [0.4, 0.5) is 11.4 Å². The maximum Gasteiger partial charge on any atom is 0.336 e. The number of nitro groups is 2. The molecule has 10 nitrogen and oxygen atoms in total. The van der Waals surface area contributed by atoms with Crippen molar-refractivity contribution in [2.75, 3.05) is 0 Å². The molecule has 0 saturated heterocycles. The highest BCUT2D eigenvalue weighted by atomic mass is 35.5. The minimum atomic E-state index is -1.55. The molecule has 2 rings (SSSR count). The Kier molecular flexibility index (Phi) is 4.37. The summed E-state index contributed by atoms with van der Waals surface area (Å²) in [6.45, 7) is 0. The van der Waals surface area contributed by atoms with E-state index in [9.17, 15) is 25.0 Å². The lowest BCUT2D eigenvalue weighted by molar-refractivity contribution is -0.395. The van der Waals surface area contributed by atoms with E-state index >= 15 is 0 Å². The lowest BCUT2D eigenvalue weighted by Gasteiger charge is -2.07. The monoisotopic (exact) mass is 339 g/mol. The highest BCUT2D eigenvalue weighted by molar-refractivity contribution is 6.29. The van der Waals surface area contributed by atoms with Crippen LogP contribution in [0.15, 0.2) is 30.3 Å². The summed E-state index contributed by atoms with van der Waals surface area (Å²) >= 11 is 5.65. The molecule has 23 heavy (non-hydrogen) atoms. The van der Waals surface area contributed by atoms with Gasteiger partial charge in [0, 0.05) is 18.2 Å². The maximum absolute atomic E-state index is 11.1. The SMILES string of the molecule is O=C(O)c1cc([N+](=O)[O-])c(Oc2cccc(Cl)n2)c([N+](=O)[O-])c1. The van der Waals surface area contributed by atoms with Gasteiger partial charge in [0.1, 0.15) is 5.15 Å². The number of hydrogen-bond acceptors (Lipinski definition) is 7. The Morgan fingerprint density at radius 3 is 2.17 bits per heavy atom. The first-order valence-electron chi connectivity index (χ1n) is 5.80. The molecular formula is C12H6ClN3O7. The molecule has 0 radical (unpaired) electrons. The fraction of sp³-hybridized carbons (Fsp3) is 0. The Hall–Kier alpha value is -3.27. The van der Waals surface area contributed by atoms with E-state index in [1.807, 2.05) is 0 Å². The van der Waals surface area contributed by atoms with Crippen LogP contribution < -0.4 is 4.74 Å². The van der Waals surface area contributed by atoms with Crippen LogP contribution in [0.2, 0.25) is 5.15 Å². The number of rotatable bonds is 5. The number of nitro benzene ring substituents is 2. The lowest BCUT2D eigenvalue weighted by Crippen LogP contribution is -2.04. The van der Waals surface area contributed by atoms with Gasteiger partial charge < -0.3 is 9.84 Å². The zero-order valence-electron chi connectivity index (χ0n) is 11.0. The van der Waals surface area contributed by atoms with E-state index in [1.54, 1.807) is 0 Å². The van der Waals surface area contributed by atoms with Crippen LogP contribution in [0.1, 0.15) is 10.4 Å². The van der Waals surface area contributed by atoms with Gasteiger partial charge in [0.25, 0.3) is 5.75 Å². The number of aromatic nitrogens is 1. The predicted molar refractivity (Wildman–Crippen MR) is 76.0 cm³/mol. The first-order chi connectivity index (χ1) is 10.8. The first kappa shape index (κ1) is 16.1. The van der Waals surface area contributed by atoms with Crippen molar-refractivity contribution in [3.8, 4) is 11.6 Å². The Morgan fingerprint density at radius 1 is 1.17 bits per heavy atom. The summed E-state index contributed by atoms with van der Waals surface area (Å²) in [5.41, 5.74) is -2.37. The van der Waals surface area contributed by atoms with E-state index in [0.717, 1.165) is 0 Å². The minimum Gasteiger partial charge on any atom is -0.478 e. The summed E-state index contributed by atoms with van der Waals surface area (Å²) in [5, 5.41) is 31.1. The fourth-order valence-corrected chi connectivity index (χ4v) is 1.80. The Balaban J connectivity index is 2.66. The van der Waals surface area contributed by atoms with Crippen molar-refractivity contribution in [3.63, 3.8) is 0 Å². The van der Waals surface area contributed by atoms with E-state index in [4.69, 9.17) is 21.4 Å². The summed E-state index contributed by atoms with van der Waals surface area (Å²) < 4.78 is 5.11. The summed E-state index contributed by atoms with van der Waals surface area (Å²) in [4.78, 5) is 34.9. The molecule has 0 amide bonds. The Morgan fingerprint density at radius 2 is 1.74 bits per heavy atom. The van der Waals surface area contributed by atoms with Gasteiger partial charge in [0.05, 0.1) is 15.4 Å². The van der Waals surface area contributed by atoms with E-state index in [0.29, 0.717) is 12.1 Å². The molecular weight excluding hydrogens is 334 g/mol. The molecule has 1 aromatic carbocycles. The predicted octanol–water partition coefficient (Wildman–Crippen LogP) is 3.04. The number of carboxylic acids is 1. The molecule has 0 saturated carbocycles. The van der Waals surface area contributed by atoms with E-state index in [-0.39, 0.29) is 11.0 Å². The number of pyridine rings is 1. The fourth-order valence-electron chi connectivity index (χ4n) is 1.65. The smallest absolute Gasteiger partial charge is 0.336 e. The molecule has 1 N–H and O–H groups in total. The third-order valence-electron chi connectivity index (χ3n) is 2.59. The lowest BCUT2D eigenvalue weighted by atomic mass is 10.1. The Bertz CT molecular complexity index is 789. The number of benzene rings is 1. The van der Waals surface area contributed by atoms with Crippen molar-refractivity contribution in [3.05, 3.63) is 61.3 Å². The molecule has 0 aliphatic carbocycles. The van der Waals surface area contributed by atoms with Crippen molar-refractivity contribution in [1.29, 1.82) is 0 Å². The number of nitrogens with zero attached hydrogens (tertiary/aromatic N) is 3. The molecule has 0 fully saturated rings. The molecule has 0 unspecified atom stereocenters. The van der Waals surface area contributed by atoms with Gasteiger partial charge in [-0.1, -0.05) is 17.7 Å². The molecule has 1 heterocycles. The number of carboxylic acid groups (broad SMARTS) is 1. The zero-order valence-corrected chi connectivity index (χ0v) is 11.8. The molecule has 0 aliphatic rings. The quantitative estimate of drug-likeness (QED) is 0.496. The average molecular weight is 340 g/mol. The van der Waals surface area contributed by atoms with Gasteiger partial charge in [-0.25, -0.2) is 9.78 Å². The van der Waals surface area contributed by atoms with Crippen molar-refractivity contribution in [2.24, 2.45) is 0 Å². The van der Waals surface area contributed by atoms with E-state index in [1.165, 1.54) is 18.2 Å². The zero-order chi connectivity index (χ0) is 17.1. The van der Waals surface area contributed by atoms with Crippen molar-refractivity contribution < 1.29 is 24.5 Å². The molecule has 1 aromatic heterocycles. The van der Waals surface area contributed by atoms with Gasteiger partial charge in [-0.2, -0.15) is 0 Å². The minimum absolute atomic E-state index is 0.00922. The van der Waals surface area contributed by atoms with Crippen molar-refractivity contribution in [2.45, 2.75) is 0 Å². The number of carbonyl (C=O) groups is 1. The normalized spacial score (nSPS) is 10.1. The maximum atomic E-state index is 11.1. The molecule has 0 bridgehead atoms. The third-order valence-corrected chi connectivity index (χ3v) is 2.80. The number of ether oxygens (including phenoxy) is 1. The van der Waals surface area contributed by atoms with Crippen LogP contribution >= 0.6 is 11.6 Å². The summed E-state index contributed by atoms with van der Waals surface area (Å²) in [5.74, 6) is -2.50. The van der Waals surface area contributed by atoms with Gasteiger partial charge in [-0.05, 0) is 6.07 Å². The van der Waals surface area contributed by atoms with Gasteiger partial charge in [0.2, 0.25) is 5.88 Å². The third kappa shape index (κ3) is 3.49. The highest BCUT2D eigenvalue weighted by Crippen LogP contribution is 2.40. The molecule has 0 atom stereocenters. The summed E-state index contributed by atoms with van der Waals surface area (Å²) in [6.07, 6.45) is 0. The second kappa shape index (κ2) is 6.23. The van der Waals surface area contributed by atoms with Crippen LogP contribution in [0.5, 0.6) is 11.6 Å². The first-order valence-corrected chi connectivity index (χ1v) is 6.18. The average Bonchev–Trinajstić information content (AvgIpc) is 2.46. The van der Waals surface area contributed by atoms with E-state index in [2.05, 4.69) is 4.98 Å². The number of hydrogen-bond donors (Lipinski definition) is 1. The molecule has 2 aromatic rings. The highest BCUT2D eigenvalue weighted by Gasteiger charge is 2.31. The van der Waals surface area contributed by atoms with Crippen LogP contribution in [-0.4, -0.2) is 25.9 Å². The molecule has 0 spiro atoms. The number of halogens is 1. The Labute approximate surface area is 132 Å². The van der Waals surface area contributed by atoms with Gasteiger partial charge >= 0.3 is 17.3 Å². The number of aromatic carboxylic acids is 1.